The van der Waals surface area contributed by atoms with Gasteiger partial charge in [-0.2, -0.15) is 0 Å². The topological polar surface area (TPSA) is 43.4 Å². The van der Waals surface area contributed by atoms with Crippen LogP contribution in [0.15, 0.2) is 0 Å². The summed E-state index contributed by atoms with van der Waals surface area (Å²) in [5, 5.41) is 0. The monoisotopic (exact) mass is 186 g/mol. The zero-order valence-electron chi connectivity index (χ0n) is 8.20. The Balaban J connectivity index is 0.000000252. The molecule has 3 nitrogen and oxygen atoms in total. The highest BCUT2D eigenvalue weighted by molar-refractivity contribution is 5.53. The molecule has 1 aliphatic carbocycles. The summed E-state index contributed by atoms with van der Waals surface area (Å²) < 4.78 is 4.15. The van der Waals surface area contributed by atoms with E-state index < -0.39 is 0 Å². The molecule has 0 atom stereocenters. The van der Waals surface area contributed by atoms with E-state index in [1.807, 2.05) is 0 Å². The summed E-state index contributed by atoms with van der Waals surface area (Å²) in [6, 6.07) is 0. The lowest BCUT2D eigenvalue weighted by molar-refractivity contribution is -0.128. The first-order chi connectivity index (χ1) is 6.35. The van der Waals surface area contributed by atoms with E-state index in [9.17, 15) is 9.59 Å². The zero-order chi connectivity index (χ0) is 9.94. The highest BCUT2D eigenvalue weighted by Gasteiger charge is 2.10. The first-order valence-corrected chi connectivity index (χ1v) is 4.85. The smallest absolute Gasteiger partial charge is 0.293 e. The van der Waals surface area contributed by atoms with Gasteiger partial charge in [0.05, 0.1) is 6.61 Å². The quantitative estimate of drug-likeness (QED) is 0.633. The summed E-state index contributed by atoms with van der Waals surface area (Å²) in [4.78, 5) is 19.3. The van der Waals surface area contributed by atoms with Crippen molar-refractivity contribution in [1.82, 2.24) is 0 Å². The van der Waals surface area contributed by atoms with Crippen molar-refractivity contribution in [3.05, 3.63) is 0 Å². The molecule has 1 fully saturated rings. The predicted octanol–water partition coefficient (Wildman–Crippen LogP) is 1.94. The molecule has 0 aromatic rings. The summed E-state index contributed by atoms with van der Waals surface area (Å²) in [7, 11) is 0. The van der Waals surface area contributed by atoms with Crippen LogP contribution < -0.4 is 0 Å². The van der Waals surface area contributed by atoms with Crippen molar-refractivity contribution >= 4 is 12.8 Å². The second-order valence-electron chi connectivity index (χ2n) is 3.09. The van der Waals surface area contributed by atoms with Crippen LogP contribution in [0.4, 0.5) is 0 Å². The van der Waals surface area contributed by atoms with Crippen LogP contribution in [0, 0.1) is 5.92 Å². The molecule has 0 aromatic heterocycles. The number of hydrogen-bond acceptors (Lipinski definition) is 3. The highest BCUT2D eigenvalue weighted by atomic mass is 16.5. The van der Waals surface area contributed by atoms with Gasteiger partial charge in [0, 0.05) is 5.92 Å². The molecule has 0 aromatic carbocycles. The number of ether oxygens (including phenoxy) is 1. The average molecular weight is 186 g/mol. The maximum Gasteiger partial charge on any atom is 0.293 e. The predicted molar refractivity (Wildman–Crippen MR) is 50.3 cm³/mol. The van der Waals surface area contributed by atoms with Gasteiger partial charge in [-0.15, -0.1) is 0 Å². The van der Waals surface area contributed by atoms with Crippen LogP contribution in [-0.2, 0) is 14.3 Å². The third-order valence-corrected chi connectivity index (χ3v) is 2.08. The van der Waals surface area contributed by atoms with Crippen molar-refractivity contribution in [2.75, 3.05) is 6.61 Å². The number of hydrogen-bond donors (Lipinski definition) is 0. The Kier molecular flexibility index (Phi) is 8.62. The lowest BCUT2D eigenvalue weighted by Crippen LogP contribution is -2.06. The fraction of sp³-hybridized carbons (Fsp3) is 0.800. The number of aldehydes is 1. The summed E-state index contributed by atoms with van der Waals surface area (Å²) in [5.74, 6) is 0.406. The van der Waals surface area contributed by atoms with E-state index in [4.69, 9.17) is 0 Å². The second kappa shape index (κ2) is 9.23. The molecule has 0 bridgehead atoms. The van der Waals surface area contributed by atoms with E-state index in [1.54, 1.807) is 6.92 Å². The van der Waals surface area contributed by atoms with Gasteiger partial charge in [0.2, 0.25) is 0 Å². The molecule has 0 radical (unpaired) electrons. The van der Waals surface area contributed by atoms with Gasteiger partial charge in [-0.3, -0.25) is 4.79 Å². The molecule has 0 saturated heterocycles. The van der Waals surface area contributed by atoms with Crippen molar-refractivity contribution < 1.29 is 14.3 Å². The van der Waals surface area contributed by atoms with E-state index in [-0.39, 0.29) is 0 Å². The Bertz CT molecular complexity index is 128. The molecule has 13 heavy (non-hydrogen) atoms. The van der Waals surface area contributed by atoms with E-state index in [2.05, 4.69) is 4.74 Å². The summed E-state index contributed by atoms with van der Waals surface area (Å²) in [6.45, 7) is 2.66. The Labute approximate surface area is 79.5 Å². The molecule has 0 unspecified atom stereocenters. The van der Waals surface area contributed by atoms with Gasteiger partial charge in [0.15, 0.2) is 0 Å². The second-order valence-corrected chi connectivity index (χ2v) is 3.09. The van der Waals surface area contributed by atoms with Gasteiger partial charge in [-0.05, 0) is 19.8 Å². The van der Waals surface area contributed by atoms with Gasteiger partial charge in [0.25, 0.3) is 6.47 Å². The molecule has 76 valence electrons. The largest absolute Gasteiger partial charge is 0.468 e. The van der Waals surface area contributed by atoms with Crippen molar-refractivity contribution in [3.8, 4) is 0 Å². The minimum atomic E-state index is 0.406. The van der Waals surface area contributed by atoms with Crippen LogP contribution in [-0.4, -0.2) is 19.4 Å². The Hall–Kier alpha value is -0.860. The fourth-order valence-corrected chi connectivity index (χ4v) is 1.34. The minimum absolute atomic E-state index is 0.406. The van der Waals surface area contributed by atoms with Crippen LogP contribution in [0.1, 0.15) is 39.0 Å². The average Bonchev–Trinajstić information content (AvgIpc) is 2.21. The summed E-state index contributed by atoms with van der Waals surface area (Å²) >= 11 is 0. The maximum atomic E-state index is 10.2. The SMILES string of the molecule is CCOC=O.O=CC1CCCCC1. The van der Waals surface area contributed by atoms with Crippen LogP contribution >= 0.6 is 0 Å². The summed E-state index contributed by atoms with van der Waals surface area (Å²) in [5.41, 5.74) is 0. The van der Waals surface area contributed by atoms with Crippen molar-refractivity contribution in [2.24, 2.45) is 5.92 Å². The van der Waals surface area contributed by atoms with Gasteiger partial charge in [-0.1, -0.05) is 19.3 Å². The lowest BCUT2D eigenvalue weighted by atomic mass is 9.91. The molecule has 1 saturated carbocycles. The maximum absolute atomic E-state index is 10.2. The summed E-state index contributed by atoms with van der Waals surface area (Å²) in [6.07, 6.45) is 7.27. The van der Waals surface area contributed by atoms with Crippen molar-refractivity contribution in [3.63, 3.8) is 0 Å². The van der Waals surface area contributed by atoms with Crippen molar-refractivity contribution in [1.29, 1.82) is 0 Å². The van der Waals surface area contributed by atoms with Gasteiger partial charge < -0.3 is 9.53 Å². The molecule has 3 heteroatoms. The normalized spacial score (nSPS) is 16.7. The minimum Gasteiger partial charge on any atom is -0.468 e. The molecule has 0 aliphatic heterocycles. The third-order valence-electron chi connectivity index (χ3n) is 2.08. The van der Waals surface area contributed by atoms with E-state index in [0.29, 0.717) is 19.0 Å². The molecule has 0 spiro atoms. The number of rotatable bonds is 3. The standard InChI is InChI=1S/C7H12O.C3H6O2/c8-6-7-4-2-1-3-5-7;1-2-5-3-4/h6-7H,1-5H2;3H,2H2,1H3. The van der Waals surface area contributed by atoms with Gasteiger partial charge in [0.1, 0.15) is 6.29 Å². The van der Waals surface area contributed by atoms with Gasteiger partial charge in [-0.25, -0.2) is 0 Å². The lowest BCUT2D eigenvalue weighted by Gasteiger charge is -2.14. The number of carbonyl (C=O) groups is 2. The van der Waals surface area contributed by atoms with Crippen molar-refractivity contribution in [2.45, 2.75) is 39.0 Å². The van der Waals surface area contributed by atoms with Crippen LogP contribution in [0.5, 0.6) is 0 Å². The van der Waals surface area contributed by atoms with Crippen LogP contribution in [0.25, 0.3) is 0 Å². The van der Waals surface area contributed by atoms with E-state index >= 15 is 0 Å². The molecule has 0 heterocycles. The van der Waals surface area contributed by atoms with Crippen LogP contribution in [0.3, 0.4) is 0 Å². The first kappa shape index (κ1) is 12.1. The highest BCUT2D eigenvalue weighted by Crippen LogP contribution is 2.21. The van der Waals surface area contributed by atoms with E-state index in [0.717, 1.165) is 19.1 Å². The zero-order valence-corrected chi connectivity index (χ0v) is 8.20. The molecule has 0 amide bonds. The molecule has 1 aliphatic rings. The molecule has 1 rings (SSSR count). The number of carbonyl (C=O) groups excluding carboxylic acids is 2. The Morgan fingerprint density at radius 2 is 1.85 bits per heavy atom. The molecular formula is C10H18O3. The van der Waals surface area contributed by atoms with Gasteiger partial charge >= 0.3 is 0 Å². The Morgan fingerprint density at radius 3 is 2.08 bits per heavy atom. The fourth-order valence-electron chi connectivity index (χ4n) is 1.34. The first-order valence-electron chi connectivity index (χ1n) is 4.85. The molecular weight excluding hydrogens is 168 g/mol. The molecule has 0 N–H and O–H groups in total. The van der Waals surface area contributed by atoms with Crippen LogP contribution in [0.2, 0.25) is 0 Å². The Morgan fingerprint density at radius 1 is 1.23 bits per heavy atom. The third kappa shape index (κ3) is 7.50. The van der Waals surface area contributed by atoms with E-state index in [1.165, 1.54) is 19.3 Å².